The van der Waals surface area contributed by atoms with Crippen molar-refractivity contribution in [3.8, 4) is 5.75 Å². The highest BCUT2D eigenvalue weighted by molar-refractivity contribution is 5.94. The van der Waals surface area contributed by atoms with Crippen LogP contribution in [0.3, 0.4) is 0 Å². The summed E-state index contributed by atoms with van der Waals surface area (Å²) in [7, 11) is 1.34. The highest BCUT2D eigenvalue weighted by Gasteiger charge is 2.17. The maximum atomic E-state index is 11.3. The van der Waals surface area contributed by atoms with Crippen LogP contribution in [0.2, 0.25) is 0 Å². The molecule has 0 bridgehead atoms. The molecule has 1 aliphatic heterocycles. The molecule has 0 spiro atoms. The van der Waals surface area contributed by atoms with Gasteiger partial charge in [-0.15, -0.1) is 0 Å². The molecule has 4 nitrogen and oxygen atoms in total. The summed E-state index contributed by atoms with van der Waals surface area (Å²) in [5.41, 5.74) is 3.84. The predicted molar refractivity (Wildman–Crippen MR) is 50.6 cm³/mol. The number of benzene rings is 1. The highest BCUT2D eigenvalue weighted by Crippen LogP contribution is 2.27. The lowest BCUT2D eigenvalue weighted by atomic mass is 10.1. The Morgan fingerprint density at radius 3 is 3.14 bits per heavy atom. The molecule has 1 aromatic carbocycles. The van der Waals surface area contributed by atoms with Crippen molar-refractivity contribution in [3.63, 3.8) is 0 Å². The second kappa shape index (κ2) is 3.41. The van der Waals surface area contributed by atoms with Crippen LogP contribution in [0.1, 0.15) is 15.9 Å². The molecule has 1 N–H and O–H groups in total. The minimum atomic E-state index is -0.404. The molecule has 0 atom stereocenters. The van der Waals surface area contributed by atoms with Gasteiger partial charge in [-0.25, -0.2) is 10.3 Å². The van der Waals surface area contributed by atoms with Crippen molar-refractivity contribution in [2.75, 3.05) is 7.11 Å². The first-order valence-corrected chi connectivity index (χ1v) is 4.13. The summed E-state index contributed by atoms with van der Waals surface area (Å²) in [6.45, 7) is 0. The fourth-order valence-electron chi connectivity index (χ4n) is 1.29. The molecule has 0 aromatic heterocycles. The van der Waals surface area contributed by atoms with Crippen molar-refractivity contribution in [1.29, 1.82) is 0 Å². The van der Waals surface area contributed by atoms with Crippen LogP contribution in [0.25, 0.3) is 6.08 Å². The summed E-state index contributed by atoms with van der Waals surface area (Å²) < 4.78 is 4.63. The molecule has 0 saturated heterocycles. The number of hydrogen-bond acceptors (Lipinski definition) is 4. The van der Waals surface area contributed by atoms with E-state index in [-0.39, 0.29) is 0 Å². The first-order valence-electron chi connectivity index (χ1n) is 4.13. The Morgan fingerprint density at radius 1 is 1.50 bits per heavy atom. The van der Waals surface area contributed by atoms with Crippen molar-refractivity contribution in [2.45, 2.75) is 0 Å². The van der Waals surface area contributed by atoms with Crippen LogP contribution >= 0.6 is 0 Å². The number of rotatable bonds is 1. The Labute approximate surface area is 81.1 Å². The molecule has 4 heteroatoms. The number of ether oxygens (including phenoxy) is 1. The molecule has 1 aromatic rings. The summed E-state index contributed by atoms with van der Waals surface area (Å²) in [6.07, 6.45) is 3.48. The van der Waals surface area contributed by atoms with Gasteiger partial charge < -0.3 is 9.57 Å². The summed E-state index contributed by atoms with van der Waals surface area (Å²) in [4.78, 5) is 16.5. The Kier molecular flexibility index (Phi) is 2.10. The third kappa shape index (κ3) is 1.31. The van der Waals surface area contributed by atoms with Gasteiger partial charge in [-0.05, 0) is 12.1 Å². The lowest BCUT2D eigenvalue weighted by Gasteiger charge is -2.15. The van der Waals surface area contributed by atoms with Crippen LogP contribution in [0, 0.1) is 0 Å². The maximum Gasteiger partial charge on any atom is 0.341 e. The number of methoxy groups -OCH3 is 1. The van der Waals surface area contributed by atoms with Crippen molar-refractivity contribution >= 4 is 12.0 Å². The number of nitrogens with one attached hydrogen (secondary N) is 1. The molecular weight excluding hydrogens is 182 g/mol. The van der Waals surface area contributed by atoms with Gasteiger partial charge in [0.1, 0.15) is 5.56 Å². The van der Waals surface area contributed by atoms with E-state index < -0.39 is 5.97 Å². The van der Waals surface area contributed by atoms with Crippen molar-refractivity contribution < 1.29 is 14.4 Å². The minimum Gasteiger partial charge on any atom is -0.465 e. The van der Waals surface area contributed by atoms with Crippen LogP contribution in [0.5, 0.6) is 5.75 Å². The zero-order valence-electron chi connectivity index (χ0n) is 7.61. The molecule has 72 valence electrons. The van der Waals surface area contributed by atoms with Crippen LogP contribution in [-0.2, 0) is 4.74 Å². The number of para-hydroxylation sites is 1. The van der Waals surface area contributed by atoms with Crippen molar-refractivity contribution in [3.05, 3.63) is 35.5 Å². The monoisotopic (exact) mass is 191 g/mol. The van der Waals surface area contributed by atoms with Crippen LogP contribution in [0.15, 0.2) is 24.4 Å². The molecule has 1 heterocycles. The first-order chi connectivity index (χ1) is 6.83. The van der Waals surface area contributed by atoms with E-state index in [1.54, 1.807) is 18.3 Å². The average Bonchev–Trinajstić information content (AvgIpc) is 2.27. The lowest BCUT2D eigenvalue weighted by molar-refractivity contribution is 0.0593. The number of fused-ring (bicyclic) bond motifs is 1. The van der Waals surface area contributed by atoms with E-state index in [0.717, 1.165) is 5.56 Å². The Hall–Kier alpha value is -1.97. The lowest BCUT2D eigenvalue weighted by Crippen LogP contribution is -2.17. The maximum absolute atomic E-state index is 11.3. The third-order valence-electron chi connectivity index (χ3n) is 1.94. The van der Waals surface area contributed by atoms with Gasteiger partial charge in [-0.2, -0.15) is 0 Å². The second-order valence-corrected chi connectivity index (χ2v) is 2.77. The van der Waals surface area contributed by atoms with E-state index in [1.165, 1.54) is 7.11 Å². The summed E-state index contributed by atoms with van der Waals surface area (Å²) in [6, 6.07) is 5.30. The Bertz CT molecular complexity index is 398. The number of hydrogen-bond donors (Lipinski definition) is 1. The van der Waals surface area contributed by atoms with Gasteiger partial charge in [0, 0.05) is 11.8 Å². The molecule has 0 unspecified atom stereocenters. The highest BCUT2D eigenvalue weighted by atomic mass is 16.6. The SMILES string of the molecule is COC(=O)c1cccc2c1ONC=C2. The predicted octanol–water partition coefficient (Wildman–Crippen LogP) is 1.34. The largest absolute Gasteiger partial charge is 0.465 e. The normalized spacial score (nSPS) is 12.4. The van der Waals surface area contributed by atoms with Crippen LogP contribution < -0.4 is 10.3 Å². The summed E-state index contributed by atoms with van der Waals surface area (Å²) >= 11 is 0. The Morgan fingerprint density at radius 2 is 2.36 bits per heavy atom. The summed E-state index contributed by atoms with van der Waals surface area (Å²) in [5, 5.41) is 0. The summed E-state index contributed by atoms with van der Waals surface area (Å²) in [5.74, 6) is 0.0980. The Balaban J connectivity index is 2.51. The van der Waals surface area contributed by atoms with E-state index in [1.807, 2.05) is 12.1 Å². The molecule has 0 saturated carbocycles. The van der Waals surface area contributed by atoms with E-state index in [9.17, 15) is 4.79 Å². The molecule has 0 radical (unpaired) electrons. The molecule has 14 heavy (non-hydrogen) atoms. The van der Waals surface area contributed by atoms with Gasteiger partial charge >= 0.3 is 5.97 Å². The van der Waals surface area contributed by atoms with Crippen LogP contribution in [-0.4, -0.2) is 13.1 Å². The zero-order chi connectivity index (χ0) is 9.97. The third-order valence-corrected chi connectivity index (χ3v) is 1.94. The molecule has 0 fully saturated rings. The average molecular weight is 191 g/mol. The van der Waals surface area contributed by atoms with E-state index >= 15 is 0 Å². The van der Waals surface area contributed by atoms with Gasteiger partial charge in [-0.1, -0.05) is 12.1 Å². The van der Waals surface area contributed by atoms with Crippen molar-refractivity contribution in [2.24, 2.45) is 0 Å². The standard InChI is InChI=1S/C10H9NO3/c1-13-10(12)8-4-2-3-7-5-6-11-14-9(7)8/h2-6,11H,1H3. The molecular formula is C10H9NO3. The zero-order valence-corrected chi connectivity index (χ0v) is 7.61. The van der Waals surface area contributed by atoms with E-state index in [4.69, 9.17) is 4.84 Å². The van der Waals surface area contributed by atoms with Gasteiger partial charge in [0.15, 0.2) is 5.75 Å². The second-order valence-electron chi connectivity index (χ2n) is 2.77. The molecule has 0 aliphatic carbocycles. The number of carbonyl (C=O) groups excluding carboxylic acids is 1. The van der Waals surface area contributed by atoms with E-state index in [2.05, 4.69) is 10.2 Å². The minimum absolute atomic E-state index is 0.404. The van der Waals surface area contributed by atoms with Gasteiger partial charge in [0.05, 0.1) is 7.11 Å². The smallest absolute Gasteiger partial charge is 0.341 e. The fourth-order valence-corrected chi connectivity index (χ4v) is 1.29. The molecule has 0 amide bonds. The molecule has 2 rings (SSSR count). The number of hydroxylamine groups is 1. The van der Waals surface area contributed by atoms with Gasteiger partial charge in [-0.3, -0.25) is 0 Å². The van der Waals surface area contributed by atoms with E-state index in [0.29, 0.717) is 11.3 Å². The first kappa shape index (κ1) is 8.62. The number of carbonyl (C=O) groups is 1. The quantitative estimate of drug-likeness (QED) is 0.680. The fraction of sp³-hybridized carbons (Fsp3) is 0.100. The van der Waals surface area contributed by atoms with Gasteiger partial charge in [0.25, 0.3) is 0 Å². The van der Waals surface area contributed by atoms with Crippen LogP contribution in [0.4, 0.5) is 0 Å². The molecule has 1 aliphatic rings. The topological polar surface area (TPSA) is 47.6 Å². The van der Waals surface area contributed by atoms with Gasteiger partial charge in [0.2, 0.25) is 0 Å². The van der Waals surface area contributed by atoms with Crippen molar-refractivity contribution in [1.82, 2.24) is 5.48 Å². The number of esters is 1.